The van der Waals surface area contributed by atoms with E-state index in [9.17, 15) is 4.79 Å². The van der Waals surface area contributed by atoms with E-state index < -0.39 is 0 Å². The number of amides is 1. The van der Waals surface area contributed by atoms with Gasteiger partial charge in [0, 0.05) is 5.69 Å². The van der Waals surface area contributed by atoms with Crippen LogP contribution in [0.4, 0.5) is 5.69 Å². The number of rotatable bonds is 1. The lowest BCUT2D eigenvalue weighted by molar-refractivity contribution is -0.118. The minimum atomic E-state index is -0.0672. The van der Waals surface area contributed by atoms with Crippen molar-refractivity contribution in [2.45, 2.75) is 18.9 Å². The lowest BCUT2D eigenvalue weighted by Crippen LogP contribution is -2.37. The fourth-order valence-corrected chi connectivity index (χ4v) is 1.79. The van der Waals surface area contributed by atoms with Crippen LogP contribution in [0.15, 0.2) is 24.3 Å². The van der Waals surface area contributed by atoms with E-state index >= 15 is 0 Å². The van der Waals surface area contributed by atoms with Gasteiger partial charge in [0.25, 0.3) is 0 Å². The number of aryl methyl sites for hydroxylation is 1. The van der Waals surface area contributed by atoms with E-state index in [-0.39, 0.29) is 11.9 Å². The summed E-state index contributed by atoms with van der Waals surface area (Å²) in [5.74, 6) is 0.0671. The van der Waals surface area contributed by atoms with Gasteiger partial charge in [-0.05, 0) is 31.5 Å². The van der Waals surface area contributed by atoms with Crippen LogP contribution in [0.5, 0.6) is 0 Å². The number of benzene rings is 1. The van der Waals surface area contributed by atoms with Crippen LogP contribution in [0, 0.1) is 0 Å². The third kappa shape index (κ3) is 1.63. The quantitative estimate of drug-likeness (QED) is 0.697. The van der Waals surface area contributed by atoms with E-state index in [0.29, 0.717) is 0 Å². The average molecular weight is 190 g/mol. The van der Waals surface area contributed by atoms with Gasteiger partial charge in [-0.25, -0.2) is 0 Å². The van der Waals surface area contributed by atoms with Crippen molar-refractivity contribution < 1.29 is 4.79 Å². The first-order valence-electron chi connectivity index (χ1n) is 4.87. The van der Waals surface area contributed by atoms with Gasteiger partial charge in [-0.1, -0.05) is 18.2 Å². The van der Waals surface area contributed by atoms with Crippen LogP contribution >= 0.6 is 0 Å². The van der Waals surface area contributed by atoms with Crippen molar-refractivity contribution >= 4 is 11.6 Å². The lowest BCUT2D eigenvalue weighted by Gasteiger charge is -2.10. The average Bonchev–Trinajstić information content (AvgIpc) is 2.36. The molecule has 0 aromatic heterocycles. The van der Waals surface area contributed by atoms with Gasteiger partial charge in [-0.15, -0.1) is 0 Å². The summed E-state index contributed by atoms with van der Waals surface area (Å²) in [6, 6.07) is 7.89. The largest absolute Gasteiger partial charge is 0.324 e. The van der Waals surface area contributed by atoms with Crippen molar-refractivity contribution in [3.05, 3.63) is 29.8 Å². The molecule has 1 amide bonds. The van der Waals surface area contributed by atoms with Crippen LogP contribution in [0.25, 0.3) is 0 Å². The van der Waals surface area contributed by atoms with Crippen LogP contribution in [-0.2, 0) is 11.2 Å². The zero-order valence-corrected chi connectivity index (χ0v) is 8.21. The van der Waals surface area contributed by atoms with Crippen molar-refractivity contribution in [2.24, 2.45) is 0 Å². The molecule has 1 aliphatic rings. The summed E-state index contributed by atoms with van der Waals surface area (Å²) >= 11 is 0. The molecule has 0 aliphatic carbocycles. The Balaban J connectivity index is 2.28. The first-order valence-corrected chi connectivity index (χ1v) is 4.87. The van der Waals surface area contributed by atoms with Crippen molar-refractivity contribution in [1.82, 2.24) is 5.32 Å². The Hall–Kier alpha value is -1.35. The monoisotopic (exact) mass is 190 g/mol. The highest BCUT2D eigenvalue weighted by Gasteiger charge is 2.21. The second-order valence-corrected chi connectivity index (χ2v) is 3.53. The minimum absolute atomic E-state index is 0.0671. The van der Waals surface area contributed by atoms with Gasteiger partial charge in [0.2, 0.25) is 5.91 Å². The molecule has 0 bridgehead atoms. The highest BCUT2D eigenvalue weighted by molar-refractivity contribution is 5.96. The predicted octanol–water partition coefficient (Wildman–Crippen LogP) is 1.16. The predicted molar refractivity (Wildman–Crippen MR) is 56.2 cm³/mol. The topological polar surface area (TPSA) is 41.1 Å². The van der Waals surface area contributed by atoms with Gasteiger partial charge < -0.3 is 10.6 Å². The second kappa shape index (κ2) is 3.80. The van der Waals surface area contributed by atoms with Gasteiger partial charge in [-0.3, -0.25) is 4.79 Å². The van der Waals surface area contributed by atoms with Gasteiger partial charge >= 0.3 is 0 Å². The summed E-state index contributed by atoms with van der Waals surface area (Å²) < 4.78 is 0. The molecule has 1 aromatic rings. The number of likely N-dealkylation sites (N-methyl/N-ethyl adjacent to an activating group) is 1. The molecule has 2 N–H and O–H groups in total. The first-order chi connectivity index (χ1) is 6.81. The summed E-state index contributed by atoms with van der Waals surface area (Å²) in [6.45, 7) is 0. The molecular weight excluding hydrogens is 176 g/mol. The molecule has 3 heteroatoms. The zero-order chi connectivity index (χ0) is 9.97. The zero-order valence-electron chi connectivity index (χ0n) is 8.21. The van der Waals surface area contributed by atoms with Gasteiger partial charge in [0.1, 0.15) is 0 Å². The molecule has 0 spiro atoms. The molecule has 74 valence electrons. The summed E-state index contributed by atoms with van der Waals surface area (Å²) in [5.41, 5.74) is 2.17. The number of hydrogen-bond acceptors (Lipinski definition) is 2. The van der Waals surface area contributed by atoms with E-state index in [1.165, 1.54) is 5.56 Å². The number of hydrogen-bond donors (Lipinski definition) is 2. The fourth-order valence-electron chi connectivity index (χ4n) is 1.79. The van der Waals surface area contributed by atoms with Crippen LogP contribution in [0.3, 0.4) is 0 Å². The third-order valence-corrected chi connectivity index (χ3v) is 2.64. The van der Waals surface area contributed by atoms with E-state index in [1.54, 1.807) is 0 Å². The van der Waals surface area contributed by atoms with E-state index in [2.05, 4.69) is 16.7 Å². The maximum absolute atomic E-state index is 11.6. The highest BCUT2D eigenvalue weighted by Crippen LogP contribution is 2.21. The molecule has 0 radical (unpaired) electrons. The van der Waals surface area contributed by atoms with Crippen molar-refractivity contribution in [2.75, 3.05) is 12.4 Å². The number of carbonyl (C=O) groups is 1. The molecule has 1 aliphatic heterocycles. The standard InChI is InChI=1S/C11H14N2O/c1-12-10-7-6-8-4-2-3-5-9(8)13-11(10)14/h2-5,10,12H,6-7H2,1H3,(H,13,14). The number of anilines is 1. The summed E-state index contributed by atoms with van der Waals surface area (Å²) in [5, 5.41) is 5.94. The van der Waals surface area contributed by atoms with Crippen LogP contribution in [0.2, 0.25) is 0 Å². The van der Waals surface area contributed by atoms with Gasteiger partial charge in [0.15, 0.2) is 0 Å². The fraction of sp³-hybridized carbons (Fsp3) is 0.364. The first kappa shape index (κ1) is 9.21. The van der Waals surface area contributed by atoms with E-state index in [0.717, 1.165) is 18.5 Å². The SMILES string of the molecule is CNC1CCc2ccccc2NC1=O. The van der Waals surface area contributed by atoms with Gasteiger partial charge in [0.05, 0.1) is 6.04 Å². The Morgan fingerprint density at radius 1 is 1.43 bits per heavy atom. The molecule has 1 aromatic carbocycles. The third-order valence-electron chi connectivity index (χ3n) is 2.64. The van der Waals surface area contributed by atoms with Gasteiger partial charge in [-0.2, -0.15) is 0 Å². The molecule has 14 heavy (non-hydrogen) atoms. The Labute approximate surface area is 83.5 Å². The van der Waals surface area contributed by atoms with Crippen molar-refractivity contribution in [3.8, 4) is 0 Å². The molecule has 0 fully saturated rings. The number of para-hydroxylation sites is 1. The molecule has 0 saturated heterocycles. The molecular formula is C11H14N2O. The maximum Gasteiger partial charge on any atom is 0.241 e. The van der Waals surface area contributed by atoms with E-state index in [1.807, 2.05) is 25.2 Å². The summed E-state index contributed by atoms with van der Waals surface area (Å²) in [6.07, 6.45) is 1.81. The summed E-state index contributed by atoms with van der Waals surface area (Å²) in [7, 11) is 1.82. The summed E-state index contributed by atoms with van der Waals surface area (Å²) in [4.78, 5) is 11.6. The molecule has 2 rings (SSSR count). The Morgan fingerprint density at radius 2 is 2.21 bits per heavy atom. The Morgan fingerprint density at radius 3 is 3.00 bits per heavy atom. The molecule has 1 unspecified atom stereocenters. The Bertz CT molecular complexity index is 349. The van der Waals surface area contributed by atoms with Crippen LogP contribution < -0.4 is 10.6 Å². The molecule has 3 nitrogen and oxygen atoms in total. The highest BCUT2D eigenvalue weighted by atomic mass is 16.2. The van der Waals surface area contributed by atoms with Crippen LogP contribution in [-0.4, -0.2) is 19.0 Å². The number of nitrogens with one attached hydrogen (secondary N) is 2. The second-order valence-electron chi connectivity index (χ2n) is 3.53. The molecule has 0 saturated carbocycles. The minimum Gasteiger partial charge on any atom is -0.324 e. The normalized spacial score (nSPS) is 20.9. The molecule has 1 atom stereocenters. The number of carbonyl (C=O) groups excluding carboxylic acids is 1. The Kier molecular flexibility index (Phi) is 2.50. The smallest absolute Gasteiger partial charge is 0.241 e. The van der Waals surface area contributed by atoms with Crippen molar-refractivity contribution in [3.63, 3.8) is 0 Å². The van der Waals surface area contributed by atoms with E-state index in [4.69, 9.17) is 0 Å². The van der Waals surface area contributed by atoms with Crippen LogP contribution in [0.1, 0.15) is 12.0 Å². The number of fused-ring (bicyclic) bond motifs is 1. The van der Waals surface area contributed by atoms with Crippen molar-refractivity contribution in [1.29, 1.82) is 0 Å². The lowest BCUT2D eigenvalue weighted by atomic mass is 10.1. The maximum atomic E-state index is 11.6. The molecule has 1 heterocycles.